The molecule has 1 N–H and O–H groups in total. The minimum atomic E-state index is 0.176. The van der Waals surface area contributed by atoms with Crippen LogP contribution in [0.5, 0.6) is 0 Å². The van der Waals surface area contributed by atoms with E-state index in [1.54, 1.807) is 11.3 Å². The summed E-state index contributed by atoms with van der Waals surface area (Å²) in [5.41, 5.74) is 3.27. The first-order chi connectivity index (χ1) is 12.3. The van der Waals surface area contributed by atoms with E-state index in [1.807, 2.05) is 18.2 Å². The van der Waals surface area contributed by atoms with Crippen LogP contribution in [0.25, 0.3) is 16.2 Å². The molecule has 0 atom stereocenters. The summed E-state index contributed by atoms with van der Waals surface area (Å²) in [5.74, 6) is 0.176. The average molecular weight is 353 g/mol. The van der Waals surface area contributed by atoms with Crippen molar-refractivity contribution in [1.29, 1.82) is 0 Å². The third-order valence-corrected chi connectivity index (χ3v) is 5.82. The molecule has 5 heteroatoms. The molecule has 0 radical (unpaired) electrons. The number of imidazole rings is 1. The van der Waals surface area contributed by atoms with Crippen molar-refractivity contribution >= 4 is 22.2 Å². The molecule has 25 heavy (non-hydrogen) atoms. The van der Waals surface area contributed by atoms with Crippen molar-refractivity contribution in [3.63, 3.8) is 0 Å². The Morgan fingerprint density at radius 2 is 2.00 bits per heavy atom. The van der Waals surface area contributed by atoms with Gasteiger partial charge in [-0.3, -0.25) is 9.20 Å². The molecule has 2 aromatic heterocycles. The van der Waals surface area contributed by atoms with Crippen LogP contribution < -0.4 is 5.32 Å². The predicted molar refractivity (Wildman–Crippen MR) is 102 cm³/mol. The van der Waals surface area contributed by atoms with E-state index in [-0.39, 0.29) is 5.91 Å². The molecule has 4 nitrogen and oxygen atoms in total. The molecular weight excluding hydrogens is 330 g/mol. The van der Waals surface area contributed by atoms with Crippen LogP contribution in [-0.2, 0) is 11.2 Å². The number of benzene rings is 1. The number of aromatic nitrogens is 2. The molecule has 1 saturated carbocycles. The summed E-state index contributed by atoms with van der Waals surface area (Å²) in [6.07, 6.45) is 9.44. The summed E-state index contributed by atoms with van der Waals surface area (Å²) in [5, 5.41) is 5.32. The molecule has 4 rings (SSSR count). The lowest BCUT2D eigenvalue weighted by molar-refractivity contribution is -0.122. The molecule has 0 bridgehead atoms. The quantitative estimate of drug-likeness (QED) is 0.737. The van der Waals surface area contributed by atoms with Gasteiger partial charge in [0, 0.05) is 35.3 Å². The van der Waals surface area contributed by atoms with Gasteiger partial charge in [-0.25, -0.2) is 4.98 Å². The van der Waals surface area contributed by atoms with Crippen molar-refractivity contribution in [3.8, 4) is 11.3 Å². The summed E-state index contributed by atoms with van der Waals surface area (Å²) >= 11 is 1.64. The Morgan fingerprint density at radius 3 is 2.80 bits per heavy atom. The largest absolute Gasteiger partial charge is 0.353 e. The van der Waals surface area contributed by atoms with E-state index in [4.69, 9.17) is 4.98 Å². The van der Waals surface area contributed by atoms with Crippen LogP contribution in [0.15, 0.2) is 41.9 Å². The van der Waals surface area contributed by atoms with Crippen molar-refractivity contribution in [3.05, 3.63) is 47.6 Å². The lowest BCUT2D eigenvalue weighted by Crippen LogP contribution is -2.36. The number of carbonyl (C=O) groups excluding carboxylic acids is 1. The van der Waals surface area contributed by atoms with Gasteiger partial charge in [0.2, 0.25) is 5.91 Å². The number of amides is 1. The summed E-state index contributed by atoms with van der Waals surface area (Å²) in [7, 11) is 0. The number of thiazole rings is 1. The first-order valence-corrected chi connectivity index (χ1v) is 9.98. The van der Waals surface area contributed by atoms with Crippen LogP contribution in [-0.4, -0.2) is 21.3 Å². The molecule has 1 amide bonds. The standard InChI is InChI=1S/C20H23N3OS/c24-19(21-16-9-5-2-6-10-16)12-11-17-14-25-20-22-18(13-23(17)20)15-7-3-1-4-8-15/h1,3-4,7-8,13-14,16H,2,5-6,9-12H2,(H,21,24). The Hall–Kier alpha value is -2.14. The van der Waals surface area contributed by atoms with Gasteiger partial charge in [0.15, 0.2) is 4.96 Å². The lowest BCUT2D eigenvalue weighted by atomic mass is 9.95. The fraction of sp³-hybridized carbons (Fsp3) is 0.400. The molecule has 1 aliphatic carbocycles. The number of hydrogen-bond donors (Lipinski definition) is 1. The summed E-state index contributed by atoms with van der Waals surface area (Å²) in [6.45, 7) is 0. The van der Waals surface area contributed by atoms with Crippen molar-refractivity contribution in [2.75, 3.05) is 0 Å². The second-order valence-corrected chi connectivity index (χ2v) is 7.61. The number of nitrogens with one attached hydrogen (secondary N) is 1. The topological polar surface area (TPSA) is 46.4 Å². The molecule has 1 aliphatic rings. The first-order valence-electron chi connectivity index (χ1n) is 9.10. The van der Waals surface area contributed by atoms with E-state index in [0.29, 0.717) is 12.5 Å². The van der Waals surface area contributed by atoms with Crippen molar-refractivity contribution in [2.24, 2.45) is 0 Å². The molecular formula is C20H23N3OS. The van der Waals surface area contributed by atoms with Crippen LogP contribution in [0.3, 0.4) is 0 Å². The molecule has 3 aromatic rings. The first kappa shape index (κ1) is 16.3. The number of nitrogens with zero attached hydrogens (tertiary/aromatic N) is 2. The molecule has 0 saturated heterocycles. The second kappa shape index (κ2) is 7.40. The van der Waals surface area contributed by atoms with Crippen LogP contribution in [0.2, 0.25) is 0 Å². The Kier molecular flexibility index (Phi) is 4.83. The minimum absolute atomic E-state index is 0.176. The highest BCUT2D eigenvalue weighted by Crippen LogP contribution is 2.24. The van der Waals surface area contributed by atoms with Crippen LogP contribution in [0, 0.1) is 0 Å². The van der Waals surface area contributed by atoms with Gasteiger partial charge < -0.3 is 5.32 Å². The fourth-order valence-corrected chi connectivity index (χ4v) is 4.45. The van der Waals surface area contributed by atoms with Gasteiger partial charge in [0.25, 0.3) is 0 Å². The van der Waals surface area contributed by atoms with E-state index < -0.39 is 0 Å². The molecule has 1 aromatic carbocycles. The average Bonchev–Trinajstić information content (AvgIpc) is 3.23. The second-order valence-electron chi connectivity index (χ2n) is 6.77. The predicted octanol–water partition coefficient (Wildman–Crippen LogP) is 4.44. The third kappa shape index (κ3) is 3.76. The maximum atomic E-state index is 12.2. The monoisotopic (exact) mass is 353 g/mol. The fourth-order valence-electron chi connectivity index (χ4n) is 3.55. The Morgan fingerprint density at radius 1 is 1.20 bits per heavy atom. The van der Waals surface area contributed by atoms with Gasteiger partial charge in [-0.05, 0) is 19.3 Å². The molecule has 2 heterocycles. The number of aryl methyl sites for hydroxylation is 1. The lowest BCUT2D eigenvalue weighted by Gasteiger charge is -2.22. The van der Waals surface area contributed by atoms with E-state index in [1.165, 1.54) is 19.3 Å². The number of fused-ring (bicyclic) bond motifs is 1. The minimum Gasteiger partial charge on any atom is -0.353 e. The Bertz CT molecular complexity index is 846. The highest BCUT2D eigenvalue weighted by Gasteiger charge is 2.16. The Balaban J connectivity index is 1.41. The van der Waals surface area contributed by atoms with Gasteiger partial charge >= 0.3 is 0 Å². The molecule has 130 valence electrons. The van der Waals surface area contributed by atoms with E-state index in [9.17, 15) is 4.79 Å². The summed E-state index contributed by atoms with van der Waals surface area (Å²) in [4.78, 5) is 17.9. The van der Waals surface area contributed by atoms with Crippen molar-refractivity contribution in [2.45, 2.75) is 51.0 Å². The van der Waals surface area contributed by atoms with Crippen LogP contribution in [0.4, 0.5) is 0 Å². The zero-order chi connectivity index (χ0) is 17.1. The molecule has 0 unspecified atom stereocenters. The van der Waals surface area contributed by atoms with Gasteiger partial charge in [0.05, 0.1) is 5.69 Å². The number of rotatable bonds is 5. The zero-order valence-electron chi connectivity index (χ0n) is 14.3. The summed E-state index contributed by atoms with van der Waals surface area (Å²) in [6, 6.07) is 10.6. The van der Waals surface area contributed by atoms with Crippen molar-refractivity contribution in [1.82, 2.24) is 14.7 Å². The maximum absolute atomic E-state index is 12.2. The molecule has 0 aliphatic heterocycles. The smallest absolute Gasteiger partial charge is 0.220 e. The van der Waals surface area contributed by atoms with Crippen LogP contribution in [0.1, 0.15) is 44.2 Å². The normalized spacial score (nSPS) is 15.5. The van der Waals surface area contributed by atoms with Gasteiger partial charge in [-0.1, -0.05) is 49.6 Å². The number of carbonyl (C=O) groups is 1. The van der Waals surface area contributed by atoms with E-state index >= 15 is 0 Å². The van der Waals surface area contributed by atoms with Gasteiger partial charge in [0.1, 0.15) is 0 Å². The van der Waals surface area contributed by atoms with E-state index in [2.05, 4.69) is 33.4 Å². The molecule has 1 fully saturated rings. The number of hydrogen-bond acceptors (Lipinski definition) is 3. The zero-order valence-corrected chi connectivity index (χ0v) is 15.1. The Labute approximate surface area is 151 Å². The summed E-state index contributed by atoms with van der Waals surface area (Å²) < 4.78 is 2.13. The SMILES string of the molecule is O=C(CCc1csc2nc(-c3ccccc3)cn12)NC1CCCCC1. The van der Waals surface area contributed by atoms with Gasteiger partial charge in [-0.15, -0.1) is 11.3 Å². The maximum Gasteiger partial charge on any atom is 0.220 e. The highest BCUT2D eigenvalue weighted by molar-refractivity contribution is 7.15. The highest BCUT2D eigenvalue weighted by atomic mass is 32.1. The van der Waals surface area contributed by atoms with Crippen LogP contribution >= 0.6 is 11.3 Å². The molecule has 0 spiro atoms. The third-order valence-electron chi connectivity index (χ3n) is 4.93. The van der Waals surface area contributed by atoms with Gasteiger partial charge in [-0.2, -0.15) is 0 Å². The van der Waals surface area contributed by atoms with Crippen molar-refractivity contribution < 1.29 is 4.79 Å². The van der Waals surface area contributed by atoms with E-state index in [0.717, 1.165) is 41.2 Å².